The minimum atomic E-state index is -0.695. The maximum atomic E-state index is 12.7. The van der Waals surface area contributed by atoms with Gasteiger partial charge in [-0.25, -0.2) is 4.79 Å². The summed E-state index contributed by atoms with van der Waals surface area (Å²) >= 11 is 0. The average molecular weight is 346 g/mol. The van der Waals surface area contributed by atoms with E-state index in [4.69, 9.17) is 19.6 Å². The predicted octanol–water partition coefficient (Wildman–Crippen LogP) is 3.02. The van der Waals surface area contributed by atoms with Crippen molar-refractivity contribution < 1.29 is 13.9 Å². The predicted molar refractivity (Wildman–Crippen MR) is 94.8 cm³/mol. The Morgan fingerprint density at radius 2 is 2.00 bits per heavy atom. The summed E-state index contributed by atoms with van der Waals surface area (Å²) in [4.78, 5) is 12.7. The first-order chi connectivity index (χ1) is 12.6. The highest BCUT2D eigenvalue weighted by Gasteiger charge is 2.35. The van der Waals surface area contributed by atoms with Crippen molar-refractivity contribution >= 4 is 11.0 Å². The zero-order chi connectivity index (χ0) is 18.3. The van der Waals surface area contributed by atoms with Crippen LogP contribution in [0.25, 0.3) is 11.0 Å². The molecule has 0 saturated carbocycles. The molecule has 6 nitrogen and oxygen atoms in total. The van der Waals surface area contributed by atoms with Crippen molar-refractivity contribution in [2.75, 3.05) is 7.11 Å². The van der Waals surface area contributed by atoms with Gasteiger partial charge in [0.05, 0.1) is 24.0 Å². The Balaban J connectivity index is 2.07. The lowest BCUT2D eigenvalue weighted by atomic mass is 9.84. The van der Waals surface area contributed by atoms with Gasteiger partial charge in [-0.15, -0.1) is 0 Å². The Morgan fingerprint density at radius 3 is 2.77 bits per heavy atom. The van der Waals surface area contributed by atoms with E-state index in [9.17, 15) is 10.1 Å². The van der Waals surface area contributed by atoms with Gasteiger partial charge in [0.25, 0.3) is 0 Å². The third-order valence-electron chi connectivity index (χ3n) is 4.40. The molecule has 2 heterocycles. The van der Waals surface area contributed by atoms with E-state index in [1.165, 1.54) is 0 Å². The maximum absolute atomic E-state index is 12.7. The van der Waals surface area contributed by atoms with E-state index in [1.54, 1.807) is 43.5 Å². The zero-order valence-electron chi connectivity index (χ0n) is 13.9. The Labute approximate surface area is 148 Å². The fourth-order valence-corrected chi connectivity index (χ4v) is 3.22. The largest absolute Gasteiger partial charge is 0.497 e. The lowest BCUT2D eigenvalue weighted by Gasteiger charge is -2.26. The number of hydrogen-bond donors (Lipinski definition) is 1. The molecule has 3 aromatic rings. The van der Waals surface area contributed by atoms with Crippen LogP contribution in [0, 0.1) is 11.3 Å². The molecule has 0 amide bonds. The third kappa shape index (κ3) is 2.30. The van der Waals surface area contributed by atoms with Gasteiger partial charge in [-0.1, -0.05) is 24.3 Å². The Bertz CT molecular complexity index is 1150. The first kappa shape index (κ1) is 15.8. The standard InChI is InChI=1S/C20H14N2O4/c1-24-12-6-4-5-11(9-12)16-14(10-21)19(22)26-18-13-7-2-3-8-15(13)25-20(23)17(16)18/h2-9,16H,22H2,1H3/t16-/m1/s1. The van der Waals surface area contributed by atoms with Crippen LogP contribution in [0.2, 0.25) is 0 Å². The molecule has 0 fully saturated rings. The fraction of sp³-hybridized carbons (Fsp3) is 0.100. The number of rotatable bonds is 2. The molecule has 26 heavy (non-hydrogen) atoms. The fourth-order valence-electron chi connectivity index (χ4n) is 3.22. The number of ether oxygens (including phenoxy) is 2. The summed E-state index contributed by atoms with van der Waals surface area (Å²) in [6, 6.07) is 16.2. The SMILES string of the molecule is COc1cccc([C@@H]2C(C#N)=C(N)Oc3c2c(=O)oc2ccccc32)c1. The number of nitriles is 1. The highest BCUT2D eigenvalue weighted by molar-refractivity contribution is 5.86. The normalized spacial score (nSPS) is 15.9. The zero-order valence-corrected chi connectivity index (χ0v) is 13.9. The Hall–Kier alpha value is -3.72. The second-order valence-corrected chi connectivity index (χ2v) is 5.83. The molecule has 0 spiro atoms. The van der Waals surface area contributed by atoms with Crippen LogP contribution < -0.4 is 20.8 Å². The molecular formula is C20H14N2O4. The number of benzene rings is 2. The number of nitrogens with two attached hydrogens (primary N) is 1. The van der Waals surface area contributed by atoms with E-state index in [0.717, 1.165) is 0 Å². The molecule has 0 aliphatic carbocycles. The van der Waals surface area contributed by atoms with Crippen LogP contribution in [0.1, 0.15) is 17.0 Å². The van der Waals surface area contributed by atoms with Gasteiger partial charge in [0.2, 0.25) is 5.88 Å². The van der Waals surface area contributed by atoms with Crippen LogP contribution in [0.3, 0.4) is 0 Å². The van der Waals surface area contributed by atoms with Crippen molar-refractivity contribution in [2.24, 2.45) is 5.73 Å². The van der Waals surface area contributed by atoms with Gasteiger partial charge in [-0.3, -0.25) is 0 Å². The van der Waals surface area contributed by atoms with Crippen molar-refractivity contribution in [3.05, 3.63) is 81.5 Å². The summed E-state index contributed by atoms with van der Waals surface area (Å²) in [7, 11) is 1.55. The van der Waals surface area contributed by atoms with Crippen molar-refractivity contribution in [3.8, 4) is 17.6 Å². The van der Waals surface area contributed by atoms with Gasteiger partial charge >= 0.3 is 5.63 Å². The number of nitrogens with zero attached hydrogens (tertiary/aromatic N) is 1. The van der Waals surface area contributed by atoms with E-state index >= 15 is 0 Å². The molecule has 1 aromatic heterocycles. The molecule has 6 heteroatoms. The minimum absolute atomic E-state index is 0.0245. The van der Waals surface area contributed by atoms with Crippen molar-refractivity contribution in [1.29, 1.82) is 5.26 Å². The molecule has 0 saturated heterocycles. The molecule has 2 N–H and O–H groups in total. The molecular weight excluding hydrogens is 332 g/mol. The van der Waals surface area contributed by atoms with E-state index < -0.39 is 11.5 Å². The summed E-state index contributed by atoms with van der Waals surface area (Å²) < 4.78 is 16.4. The molecule has 0 bridgehead atoms. The minimum Gasteiger partial charge on any atom is -0.497 e. The molecule has 4 rings (SSSR count). The number of hydrogen-bond acceptors (Lipinski definition) is 6. The summed E-state index contributed by atoms with van der Waals surface area (Å²) in [5.41, 5.74) is 6.95. The van der Waals surface area contributed by atoms with Gasteiger partial charge in [0.15, 0.2) is 5.75 Å². The highest BCUT2D eigenvalue weighted by Crippen LogP contribution is 2.43. The number of allylic oxidation sites excluding steroid dienone is 1. The van der Waals surface area contributed by atoms with Gasteiger partial charge in [-0.2, -0.15) is 5.26 Å². The van der Waals surface area contributed by atoms with E-state index in [0.29, 0.717) is 28.0 Å². The van der Waals surface area contributed by atoms with Crippen molar-refractivity contribution in [3.63, 3.8) is 0 Å². The molecule has 1 aliphatic rings. The molecule has 0 unspecified atom stereocenters. The summed E-state index contributed by atoms with van der Waals surface area (Å²) in [6.07, 6.45) is 0. The first-order valence-corrected chi connectivity index (χ1v) is 7.91. The van der Waals surface area contributed by atoms with Gasteiger partial charge in [-0.05, 0) is 29.8 Å². The van der Waals surface area contributed by atoms with Gasteiger partial charge in [0, 0.05) is 0 Å². The van der Waals surface area contributed by atoms with Crippen molar-refractivity contribution in [1.82, 2.24) is 0 Å². The van der Waals surface area contributed by atoms with Crippen LogP contribution in [0.15, 0.2) is 69.2 Å². The van der Waals surface area contributed by atoms with Gasteiger partial charge in [0.1, 0.15) is 23.0 Å². The molecule has 1 aliphatic heterocycles. The monoisotopic (exact) mass is 346 g/mol. The second kappa shape index (κ2) is 5.97. The Morgan fingerprint density at radius 1 is 1.19 bits per heavy atom. The van der Waals surface area contributed by atoms with E-state index in [2.05, 4.69) is 6.07 Å². The topological polar surface area (TPSA) is 98.5 Å². The number of para-hydroxylation sites is 1. The molecule has 1 atom stereocenters. The third-order valence-corrected chi connectivity index (χ3v) is 4.40. The summed E-state index contributed by atoms with van der Waals surface area (Å²) in [6.45, 7) is 0. The quantitative estimate of drug-likeness (QED) is 0.716. The van der Waals surface area contributed by atoms with Gasteiger partial charge < -0.3 is 19.6 Å². The van der Waals surface area contributed by atoms with Crippen LogP contribution >= 0.6 is 0 Å². The van der Waals surface area contributed by atoms with Crippen LogP contribution in [0.5, 0.6) is 11.5 Å². The maximum Gasteiger partial charge on any atom is 0.344 e. The molecule has 2 aromatic carbocycles. The molecule has 128 valence electrons. The Kier molecular flexibility index (Phi) is 3.63. The van der Waals surface area contributed by atoms with Crippen LogP contribution in [-0.4, -0.2) is 7.11 Å². The average Bonchev–Trinajstić information content (AvgIpc) is 2.67. The number of methoxy groups -OCH3 is 1. The first-order valence-electron chi connectivity index (χ1n) is 7.91. The van der Waals surface area contributed by atoms with E-state index in [-0.39, 0.29) is 17.0 Å². The smallest absolute Gasteiger partial charge is 0.344 e. The second-order valence-electron chi connectivity index (χ2n) is 5.83. The lowest BCUT2D eigenvalue weighted by molar-refractivity contribution is 0.387. The molecule has 0 radical (unpaired) electrons. The number of fused-ring (bicyclic) bond motifs is 3. The highest BCUT2D eigenvalue weighted by atomic mass is 16.5. The lowest BCUT2D eigenvalue weighted by Crippen LogP contribution is -2.26. The summed E-state index contributed by atoms with van der Waals surface area (Å²) in [5, 5.41) is 10.2. The summed E-state index contributed by atoms with van der Waals surface area (Å²) in [5.74, 6) is 0.209. The van der Waals surface area contributed by atoms with Crippen molar-refractivity contribution in [2.45, 2.75) is 5.92 Å². The van der Waals surface area contributed by atoms with E-state index in [1.807, 2.05) is 12.1 Å². The van der Waals surface area contributed by atoms with Crippen LogP contribution in [-0.2, 0) is 0 Å². The van der Waals surface area contributed by atoms with Crippen LogP contribution in [0.4, 0.5) is 0 Å².